The van der Waals surface area contributed by atoms with Crippen LogP contribution in [0.2, 0.25) is 0 Å². The van der Waals surface area contributed by atoms with Gasteiger partial charge in [0.1, 0.15) is 11.5 Å². The number of non-ortho nitro benzene ring substituents is 2. The Kier molecular flexibility index (Phi) is 5.45. The lowest BCUT2D eigenvalue weighted by Crippen LogP contribution is -2.05. The van der Waals surface area contributed by atoms with Crippen LogP contribution in [0.15, 0.2) is 48.5 Å². The van der Waals surface area contributed by atoms with Crippen molar-refractivity contribution in [1.82, 2.24) is 0 Å². The van der Waals surface area contributed by atoms with E-state index in [0.717, 1.165) is 0 Å². The number of rotatable bonds is 8. The summed E-state index contributed by atoms with van der Waals surface area (Å²) >= 11 is 0. The van der Waals surface area contributed by atoms with Crippen LogP contribution in [0.3, 0.4) is 0 Å². The number of ether oxygens (including phenoxy) is 2. The molecule has 0 unspecified atom stereocenters. The standard InChI is InChI=1S/C15H14N2O6/c18-16(19)12-2-6-14(7-3-12)22-10-1-11-23-15-8-4-13(5-9-15)17(20)21/h2-9H,1,10-11H2. The lowest BCUT2D eigenvalue weighted by molar-refractivity contribution is -0.385. The van der Waals surface area contributed by atoms with Gasteiger partial charge in [0.2, 0.25) is 0 Å². The van der Waals surface area contributed by atoms with Crippen molar-refractivity contribution in [3.05, 3.63) is 68.8 Å². The summed E-state index contributed by atoms with van der Waals surface area (Å²) in [6.07, 6.45) is 0.605. The molecule has 0 aliphatic carbocycles. The summed E-state index contributed by atoms with van der Waals surface area (Å²) in [5.74, 6) is 1.09. The maximum Gasteiger partial charge on any atom is 0.269 e. The molecule has 8 nitrogen and oxygen atoms in total. The molecule has 0 N–H and O–H groups in total. The zero-order chi connectivity index (χ0) is 16.7. The van der Waals surface area contributed by atoms with E-state index in [4.69, 9.17) is 9.47 Å². The highest BCUT2D eigenvalue weighted by Gasteiger charge is 2.05. The predicted octanol–water partition coefficient (Wildman–Crippen LogP) is 3.35. The first-order valence-electron chi connectivity index (χ1n) is 6.81. The average molecular weight is 318 g/mol. The Morgan fingerprint density at radius 3 is 1.35 bits per heavy atom. The number of nitro benzene ring substituents is 2. The van der Waals surface area contributed by atoms with Crippen LogP contribution in [-0.2, 0) is 0 Å². The van der Waals surface area contributed by atoms with E-state index in [1.807, 2.05) is 0 Å². The highest BCUT2D eigenvalue weighted by Crippen LogP contribution is 2.18. The molecule has 2 aromatic rings. The lowest BCUT2D eigenvalue weighted by atomic mass is 10.3. The molecule has 2 aromatic carbocycles. The molecule has 0 aromatic heterocycles. The van der Waals surface area contributed by atoms with Gasteiger partial charge < -0.3 is 9.47 Å². The Bertz CT molecular complexity index is 610. The molecule has 0 amide bonds. The highest BCUT2D eigenvalue weighted by atomic mass is 16.6. The van der Waals surface area contributed by atoms with Crippen molar-refractivity contribution < 1.29 is 19.3 Å². The van der Waals surface area contributed by atoms with Crippen molar-refractivity contribution in [3.63, 3.8) is 0 Å². The summed E-state index contributed by atoms with van der Waals surface area (Å²) < 4.78 is 10.9. The van der Waals surface area contributed by atoms with E-state index in [-0.39, 0.29) is 11.4 Å². The predicted molar refractivity (Wildman–Crippen MR) is 81.8 cm³/mol. The number of nitrogens with zero attached hydrogens (tertiary/aromatic N) is 2. The molecule has 0 spiro atoms. The van der Waals surface area contributed by atoms with Crippen molar-refractivity contribution in [3.8, 4) is 11.5 Å². The first-order chi connectivity index (χ1) is 11.1. The Labute approximate surface area is 131 Å². The monoisotopic (exact) mass is 318 g/mol. The van der Waals surface area contributed by atoms with Crippen molar-refractivity contribution in [2.45, 2.75) is 6.42 Å². The fourth-order valence-electron chi connectivity index (χ4n) is 1.77. The molecule has 0 radical (unpaired) electrons. The van der Waals surface area contributed by atoms with E-state index in [9.17, 15) is 20.2 Å². The molecule has 8 heteroatoms. The van der Waals surface area contributed by atoms with E-state index in [0.29, 0.717) is 31.1 Å². The van der Waals surface area contributed by atoms with Gasteiger partial charge >= 0.3 is 0 Å². The fourth-order valence-corrected chi connectivity index (χ4v) is 1.77. The van der Waals surface area contributed by atoms with Gasteiger partial charge in [-0.3, -0.25) is 20.2 Å². The van der Waals surface area contributed by atoms with E-state index in [1.54, 1.807) is 0 Å². The highest BCUT2D eigenvalue weighted by molar-refractivity contribution is 5.36. The largest absolute Gasteiger partial charge is 0.493 e. The van der Waals surface area contributed by atoms with Gasteiger partial charge in [-0.2, -0.15) is 0 Å². The van der Waals surface area contributed by atoms with Crippen LogP contribution < -0.4 is 9.47 Å². The maximum absolute atomic E-state index is 10.5. The van der Waals surface area contributed by atoms with Gasteiger partial charge in [-0.25, -0.2) is 0 Å². The van der Waals surface area contributed by atoms with E-state index >= 15 is 0 Å². The molecule has 0 saturated carbocycles. The Balaban J connectivity index is 1.69. The molecule has 0 fully saturated rings. The molecule has 0 bridgehead atoms. The van der Waals surface area contributed by atoms with Gasteiger partial charge in [0, 0.05) is 30.7 Å². The average Bonchev–Trinajstić information content (AvgIpc) is 2.55. The SMILES string of the molecule is O=[N+]([O-])c1ccc(OCCCOc2ccc([N+](=O)[O-])cc2)cc1. The summed E-state index contributed by atoms with van der Waals surface area (Å²) in [5.41, 5.74) is 0.0257. The summed E-state index contributed by atoms with van der Waals surface area (Å²) in [6.45, 7) is 0.787. The van der Waals surface area contributed by atoms with Crippen LogP contribution in [-0.4, -0.2) is 23.1 Å². The minimum absolute atomic E-state index is 0.0128. The number of hydrogen-bond donors (Lipinski definition) is 0. The molecular weight excluding hydrogens is 304 g/mol. The van der Waals surface area contributed by atoms with E-state index in [2.05, 4.69) is 0 Å². The third-order valence-corrected chi connectivity index (χ3v) is 2.92. The van der Waals surface area contributed by atoms with Crippen LogP contribution in [0.1, 0.15) is 6.42 Å². The normalized spacial score (nSPS) is 10.1. The van der Waals surface area contributed by atoms with Crippen molar-refractivity contribution in [2.75, 3.05) is 13.2 Å². The fraction of sp³-hybridized carbons (Fsp3) is 0.200. The third kappa shape index (κ3) is 4.95. The second-order valence-corrected chi connectivity index (χ2v) is 4.55. The van der Waals surface area contributed by atoms with Gasteiger partial charge in [-0.15, -0.1) is 0 Å². The number of nitro groups is 2. The second kappa shape index (κ2) is 7.74. The first kappa shape index (κ1) is 16.2. The number of benzene rings is 2. The third-order valence-electron chi connectivity index (χ3n) is 2.92. The number of hydrogen-bond acceptors (Lipinski definition) is 6. The summed E-state index contributed by atoms with van der Waals surface area (Å²) in [5, 5.41) is 21.0. The molecule has 23 heavy (non-hydrogen) atoms. The Morgan fingerprint density at radius 1 is 0.696 bits per heavy atom. The molecule has 2 rings (SSSR count). The summed E-state index contributed by atoms with van der Waals surface area (Å²) in [6, 6.07) is 11.7. The molecule has 0 aliphatic rings. The van der Waals surface area contributed by atoms with Crippen LogP contribution >= 0.6 is 0 Å². The topological polar surface area (TPSA) is 105 Å². The smallest absolute Gasteiger partial charge is 0.269 e. The minimum atomic E-state index is -0.470. The molecule has 0 heterocycles. The zero-order valence-corrected chi connectivity index (χ0v) is 12.1. The summed E-state index contributed by atoms with van der Waals surface area (Å²) in [4.78, 5) is 20.1. The van der Waals surface area contributed by atoms with Gasteiger partial charge in [0.25, 0.3) is 11.4 Å². The van der Waals surface area contributed by atoms with Crippen LogP contribution in [0, 0.1) is 20.2 Å². The van der Waals surface area contributed by atoms with Crippen molar-refractivity contribution in [2.24, 2.45) is 0 Å². The molecule has 0 atom stereocenters. The second-order valence-electron chi connectivity index (χ2n) is 4.55. The molecule has 0 aliphatic heterocycles. The summed E-state index contributed by atoms with van der Waals surface area (Å²) in [7, 11) is 0. The quantitative estimate of drug-likeness (QED) is 0.420. The first-order valence-corrected chi connectivity index (χ1v) is 6.81. The van der Waals surface area contributed by atoms with E-state index < -0.39 is 9.85 Å². The Hall–Kier alpha value is -3.16. The van der Waals surface area contributed by atoms with Gasteiger partial charge in [-0.05, 0) is 24.3 Å². The van der Waals surface area contributed by atoms with E-state index in [1.165, 1.54) is 48.5 Å². The van der Waals surface area contributed by atoms with Crippen LogP contribution in [0.5, 0.6) is 11.5 Å². The molecular formula is C15H14N2O6. The van der Waals surface area contributed by atoms with Crippen LogP contribution in [0.25, 0.3) is 0 Å². The van der Waals surface area contributed by atoms with Crippen LogP contribution in [0.4, 0.5) is 11.4 Å². The van der Waals surface area contributed by atoms with Crippen molar-refractivity contribution >= 4 is 11.4 Å². The maximum atomic E-state index is 10.5. The van der Waals surface area contributed by atoms with Gasteiger partial charge in [-0.1, -0.05) is 0 Å². The molecule has 120 valence electrons. The van der Waals surface area contributed by atoms with Crippen molar-refractivity contribution in [1.29, 1.82) is 0 Å². The molecule has 0 saturated heterocycles. The lowest BCUT2D eigenvalue weighted by Gasteiger charge is -2.07. The van der Waals surface area contributed by atoms with Gasteiger partial charge in [0.05, 0.1) is 23.1 Å². The Morgan fingerprint density at radius 2 is 1.04 bits per heavy atom. The minimum Gasteiger partial charge on any atom is -0.493 e. The zero-order valence-electron chi connectivity index (χ0n) is 12.1. The van der Waals surface area contributed by atoms with Gasteiger partial charge in [0.15, 0.2) is 0 Å².